The Bertz CT molecular complexity index is 377. The second kappa shape index (κ2) is 3.81. The summed E-state index contributed by atoms with van der Waals surface area (Å²) in [4.78, 5) is 10.3. The predicted octanol–water partition coefficient (Wildman–Crippen LogP) is 2.75. The van der Waals surface area contributed by atoms with Crippen LogP contribution < -0.4 is 4.74 Å². The lowest BCUT2D eigenvalue weighted by atomic mass is 9.86. The maximum Gasteiger partial charge on any atom is 0.511 e. The van der Waals surface area contributed by atoms with E-state index in [0.29, 0.717) is 0 Å². The molecule has 0 spiro atoms. The Balaban J connectivity index is 3.04. The van der Waals surface area contributed by atoms with Crippen LogP contribution in [0, 0.1) is 0 Å². The van der Waals surface area contributed by atoms with E-state index in [1.807, 2.05) is 20.8 Å². The van der Waals surface area contributed by atoms with E-state index in [1.54, 1.807) is 6.07 Å². The number of carbonyl (C=O) groups is 1. The Kier molecular flexibility index (Phi) is 2.88. The molecule has 0 aliphatic heterocycles. The van der Waals surface area contributed by atoms with Gasteiger partial charge in [-0.25, -0.2) is 4.79 Å². The number of aromatic hydroxyl groups is 1. The van der Waals surface area contributed by atoms with Gasteiger partial charge in [0, 0.05) is 6.07 Å². The molecule has 0 aromatic heterocycles. The first-order chi connectivity index (χ1) is 6.80. The van der Waals surface area contributed by atoms with E-state index in [4.69, 9.17) is 5.11 Å². The molecule has 82 valence electrons. The molecule has 0 aliphatic carbocycles. The van der Waals surface area contributed by atoms with E-state index in [1.165, 1.54) is 12.1 Å². The number of hydrogen-bond donors (Lipinski definition) is 2. The minimum atomic E-state index is -1.39. The summed E-state index contributed by atoms with van der Waals surface area (Å²) in [6.45, 7) is 5.87. The van der Waals surface area contributed by atoms with Crippen LogP contribution in [-0.4, -0.2) is 16.4 Å². The molecule has 4 nitrogen and oxygen atoms in total. The number of rotatable bonds is 1. The van der Waals surface area contributed by atoms with Crippen LogP contribution in [0.3, 0.4) is 0 Å². The maximum atomic E-state index is 10.3. The van der Waals surface area contributed by atoms with E-state index < -0.39 is 6.16 Å². The van der Waals surface area contributed by atoms with Crippen molar-refractivity contribution in [1.82, 2.24) is 0 Å². The molecule has 0 bridgehead atoms. The molecule has 0 unspecified atom stereocenters. The van der Waals surface area contributed by atoms with Gasteiger partial charge in [-0.15, -0.1) is 0 Å². The first kappa shape index (κ1) is 11.4. The third-order valence-corrected chi connectivity index (χ3v) is 1.98. The van der Waals surface area contributed by atoms with Crippen molar-refractivity contribution < 1.29 is 19.7 Å². The van der Waals surface area contributed by atoms with Crippen molar-refractivity contribution >= 4 is 6.16 Å². The minimum Gasteiger partial charge on any atom is -0.508 e. The van der Waals surface area contributed by atoms with E-state index in [9.17, 15) is 9.90 Å². The average Bonchev–Trinajstić information content (AvgIpc) is 1.99. The van der Waals surface area contributed by atoms with Gasteiger partial charge in [0.1, 0.15) is 11.5 Å². The Labute approximate surface area is 88.1 Å². The van der Waals surface area contributed by atoms with Crippen LogP contribution in [0.4, 0.5) is 4.79 Å². The second-order valence-corrected chi connectivity index (χ2v) is 4.30. The van der Waals surface area contributed by atoms with E-state index in [0.717, 1.165) is 5.56 Å². The first-order valence-electron chi connectivity index (χ1n) is 4.55. The Morgan fingerprint density at radius 2 is 1.93 bits per heavy atom. The highest BCUT2D eigenvalue weighted by Crippen LogP contribution is 2.33. The van der Waals surface area contributed by atoms with Crippen molar-refractivity contribution in [2.75, 3.05) is 0 Å². The molecule has 15 heavy (non-hydrogen) atoms. The predicted molar refractivity (Wildman–Crippen MR) is 55.5 cm³/mol. The number of phenols is 1. The van der Waals surface area contributed by atoms with E-state index >= 15 is 0 Å². The molecule has 0 heterocycles. The summed E-state index contributed by atoms with van der Waals surface area (Å²) in [5.41, 5.74) is 0.562. The number of hydrogen-bond acceptors (Lipinski definition) is 3. The van der Waals surface area contributed by atoms with Gasteiger partial charge >= 0.3 is 6.16 Å². The maximum absolute atomic E-state index is 10.3. The monoisotopic (exact) mass is 210 g/mol. The highest BCUT2D eigenvalue weighted by atomic mass is 16.7. The first-order valence-corrected chi connectivity index (χ1v) is 4.55. The highest BCUT2D eigenvalue weighted by Gasteiger charge is 2.18. The van der Waals surface area contributed by atoms with Crippen LogP contribution in [0.1, 0.15) is 26.3 Å². The van der Waals surface area contributed by atoms with Crippen molar-refractivity contribution in [2.45, 2.75) is 26.2 Å². The zero-order valence-electron chi connectivity index (χ0n) is 8.94. The second-order valence-electron chi connectivity index (χ2n) is 4.30. The number of ether oxygens (including phenoxy) is 1. The summed E-state index contributed by atoms with van der Waals surface area (Å²) in [6.07, 6.45) is -1.39. The standard InChI is InChI=1S/C11H14O4/c1-11(2,3)8-5-4-7(6-9(8)12)15-10(13)14/h4-6,12H,1-3H3,(H,13,14). The molecule has 0 saturated carbocycles. The van der Waals surface area contributed by atoms with Crippen LogP contribution in [-0.2, 0) is 5.41 Å². The molecule has 0 atom stereocenters. The summed E-state index contributed by atoms with van der Waals surface area (Å²) < 4.78 is 4.42. The van der Waals surface area contributed by atoms with Gasteiger partial charge in [0.2, 0.25) is 0 Å². The molecule has 1 aromatic carbocycles. The van der Waals surface area contributed by atoms with Crippen molar-refractivity contribution in [3.8, 4) is 11.5 Å². The smallest absolute Gasteiger partial charge is 0.508 e. The van der Waals surface area contributed by atoms with Gasteiger partial charge in [0.05, 0.1) is 0 Å². The highest BCUT2D eigenvalue weighted by molar-refractivity contribution is 5.61. The zero-order chi connectivity index (χ0) is 11.6. The number of benzene rings is 1. The zero-order valence-corrected chi connectivity index (χ0v) is 8.94. The Morgan fingerprint density at radius 3 is 2.33 bits per heavy atom. The van der Waals surface area contributed by atoms with Gasteiger partial charge in [-0.05, 0) is 17.0 Å². The molecule has 0 fully saturated rings. The normalized spacial score (nSPS) is 11.1. The molecule has 2 N–H and O–H groups in total. The summed E-state index contributed by atoms with van der Waals surface area (Å²) in [6, 6.07) is 4.48. The Morgan fingerprint density at radius 1 is 1.33 bits per heavy atom. The molecule has 0 radical (unpaired) electrons. The van der Waals surface area contributed by atoms with Gasteiger partial charge in [-0.1, -0.05) is 26.8 Å². The van der Waals surface area contributed by atoms with Crippen molar-refractivity contribution in [1.29, 1.82) is 0 Å². The van der Waals surface area contributed by atoms with Crippen LogP contribution in [0.2, 0.25) is 0 Å². The van der Waals surface area contributed by atoms with Gasteiger partial charge in [-0.2, -0.15) is 0 Å². The minimum absolute atomic E-state index is 0.0428. The summed E-state index contributed by atoms with van der Waals surface area (Å²) in [5, 5.41) is 18.1. The molecule has 0 amide bonds. The molecular weight excluding hydrogens is 196 g/mol. The molecular formula is C11H14O4. The summed E-state index contributed by atoms with van der Waals surface area (Å²) >= 11 is 0. The van der Waals surface area contributed by atoms with Crippen molar-refractivity contribution in [2.24, 2.45) is 0 Å². The fraction of sp³-hybridized carbons (Fsp3) is 0.364. The van der Waals surface area contributed by atoms with Crippen LogP contribution in [0.25, 0.3) is 0 Å². The molecule has 0 saturated heterocycles. The largest absolute Gasteiger partial charge is 0.511 e. The topological polar surface area (TPSA) is 66.8 Å². The third kappa shape index (κ3) is 2.87. The fourth-order valence-corrected chi connectivity index (χ4v) is 1.31. The summed E-state index contributed by atoms with van der Waals surface area (Å²) in [5.74, 6) is 0.161. The third-order valence-electron chi connectivity index (χ3n) is 1.98. The lowest BCUT2D eigenvalue weighted by Crippen LogP contribution is -2.11. The van der Waals surface area contributed by atoms with Gasteiger partial charge in [0.15, 0.2) is 0 Å². The van der Waals surface area contributed by atoms with Gasteiger partial charge in [0.25, 0.3) is 0 Å². The Hall–Kier alpha value is -1.71. The SMILES string of the molecule is CC(C)(C)c1ccc(OC(=O)O)cc1O. The van der Waals surface area contributed by atoms with E-state index in [2.05, 4.69) is 4.74 Å². The molecule has 4 heteroatoms. The fourth-order valence-electron chi connectivity index (χ4n) is 1.31. The van der Waals surface area contributed by atoms with Crippen LogP contribution >= 0.6 is 0 Å². The van der Waals surface area contributed by atoms with Crippen LogP contribution in [0.5, 0.6) is 11.5 Å². The lowest BCUT2D eigenvalue weighted by Gasteiger charge is -2.20. The lowest BCUT2D eigenvalue weighted by molar-refractivity contribution is 0.144. The average molecular weight is 210 g/mol. The molecule has 0 aliphatic rings. The van der Waals surface area contributed by atoms with Gasteiger partial charge in [-0.3, -0.25) is 0 Å². The number of carboxylic acid groups (broad SMARTS) is 1. The van der Waals surface area contributed by atoms with Crippen molar-refractivity contribution in [3.63, 3.8) is 0 Å². The summed E-state index contributed by atoms with van der Waals surface area (Å²) in [7, 11) is 0. The number of phenolic OH excluding ortho intramolecular Hbond substituents is 1. The van der Waals surface area contributed by atoms with Gasteiger partial charge < -0.3 is 14.9 Å². The quantitative estimate of drug-likeness (QED) is 0.552. The van der Waals surface area contributed by atoms with E-state index in [-0.39, 0.29) is 16.9 Å². The van der Waals surface area contributed by atoms with Crippen molar-refractivity contribution in [3.05, 3.63) is 23.8 Å². The molecule has 1 rings (SSSR count). The molecule has 1 aromatic rings. The van der Waals surface area contributed by atoms with Crippen LogP contribution in [0.15, 0.2) is 18.2 Å².